The quantitative estimate of drug-likeness (QED) is 0.860. The van der Waals surface area contributed by atoms with E-state index >= 15 is 0 Å². The molecule has 0 spiro atoms. The van der Waals surface area contributed by atoms with Gasteiger partial charge >= 0.3 is 5.97 Å². The Kier molecular flexibility index (Phi) is 5.00. The van der Waals surface area contributed by atoms with Gasteiger partial charge in [0.15, 0.2) is 6.61 Å². The Labute approximate surface area is 125 Å². The Morgan fingerprint density at radius 1 is 1.40 bits per heavy atom. The predicted octanol–water partition coefficient (Wildman–Crippen LogP) is 2.20. The van der Waals surface area contributed by atoms with Gasteiger partial charge in [-0.05, 0) is 31.0 Å². The van der Waals surface area contributed by atoms with E-state index in [-0.39, 0.29) is 18.6 Å². The van der Waals surface area contributed by atoms with Crippen LogP contribution in [0.3, 0.4) is 0 Å². The lowest BCUT2D eigenvalue weighted by atomic mass is 10.0. The molecule has 0 radical (unpaired) electrons. The Morgan fingerprint density at radius 3 is 2.90 bits per heavy atom. The maximum Gasteiger partial charge on any atom is 0.308 e. The van der Waals surface area contributed by atoms with Crippen molar-refractivity contribution in [2.24, 2.45) is 5.92 Å². The van der Waals surface area contributed by atoms with Crippen molar-refractivity contribution in [3.8, 4) is 5.75 Å². The van der Waals surface area contributed by atoms with Crippen molar-refractivity contribution in [1.82, 2.24) is 5.32 Å². The van der Waals surface area contributed by atoms with E-state index < -0.39 is 11.9 Å². The topological polar surface area (TPSA) is 75.6 Å². The zero-order chi connectivity index (χ0) is 14.5. The van der Waals surface area contributed by atoms with Crippen LogP contribution in [0.25, 0.3) is 0 Å². The zero-order valence-electron chi connectivity index (χ0n) is 10.8. The lowest BCUT2D eigenvalue weighted by molar-refractivity contribution is -0.142. The third-order valence-corrected chi connectivity index (χ3v) is 3.84. The lowest BCUT2D eigenvalue weighted by Crippen LogP contribution is -2.42. The third-order valence-electron chi connectivity index (χ3n) is 3.35. The van der Waals surface area contributed by atoms with Gasteiger partial charge in [-0.25, -0.2) is 0 Å². The maximum atomic E-state index is 11.8. The lowest BCUT2D eigenvalue weighted by Gasteiger charge is -2.17. The largest absolute Gasteiger partial charge is 0.484 e. The molecule has 2 N–H and O–H groups in total. The molecule has 0 aliphatic heterocycles. The molecule has 0 saturated heterocycles. The van der Waals surface area contributed by atoms with Crippen LogP contribution in [0.4, 0.5) is 0 Å². The molecule has 0 bridgehead atoms. The van der Waals surface area contributed by atoms with Crippen molar-refractivity contribution in [3.63, 3.8) is 0 Å². The number of aliphatic carboxylic acids is 1. The summed E-state index contributed by atoms with van der Waals surface area (Å²) in [5.74, 6) is -1.02. The van der Waals surface area contributed by atoms with Crippen LogP contribution in [0.5, 0.6) is 5.75 Å². The molecule has 0 heterocycles. The smallest absolute Gasteiger partial charge is 0.308 e. The van der Waals surface area contributed by atoms with Gasteiger partial charge in [0.25, 0.3) is 5.91 Å². The number of halogens is 1. The van der Waals surface area contributed by atoms with Crippen molar-refractivity contribution in [2.45, 2.75) is 25.3 Å². The molecule has 0 aromatic heterocycles. The minimum Gasteiger partial charge on any atom is -0.484 e. The maximum absolute atomic E-state index is 11.8. The number of nitrogens with one attached hydrogen (secondary N) is 1. The van der Waals surface area contributed by atoms with Gasteiger partial charge in [0.05, 0.1) is 5.92 Å². The third kappa shape index (κ3) is 3.96. The summed E-state index contributed by atoms with van der Waals surface area (Å²) in [7, 11) is 0. The summed E-state index contributed by atoms with van der Waals surface area (Å²) < 4.78 is 6.24. The van der Waals surface area contributed by atoms with Gasteiger partial charge in [-0.15, -0.1) is 0 Å². The molecular formula is C14H16BrNO4. The number of benzene rings is 1. The van der Waals surface area contributed by atoms with Crippen molar-refractivity contribution in [1.29, 1.82) is 0 Å². The highest BCUT2D eigenvalue weighted by Crippen LogP contribution is 2.25. The summed E-state index contributed by atoms with van der Waals surface area (Å²) >= 11 is 3.32. The van der Waals surface area contributed by atoms with E-state index in [1.807, 2.05) is 12.1 Å². The van der Waals surface area contributed by atoms with Crippen LogP contribution in [0.2, 0.25) is 0 Å². The van der Waals surface area contributed by atoms with E-state index in [0.29, 0.717) is 18.6 Å². The fraction of sp³-hybridized carbons (Fsp3) is 0.429. The van der Waals surface area contributed by atoms with Crippen LogP contribution in [-0.4, -0.2) is 29.6 Å². The summed E-state index contributed by atoms with van der Waals surface area (Å²) in [5, 5.41) is 11.8. The van der Waals surface area contributed by atoms with Gasteiger partial charge in [-0.2, -0.15) is 0 Å². The highest BCUT2D eigenvalue weighted by Gasteiger charge is 2.33. The number of rotatable bonds is 5. The second-order valence-electron chi connectivity index (χ2n) is 4.80. The van der Waals surface area contributed by atoms with E-state index in [1.54, 1.807) is 12.1 Å². The highest BCUT2D eigenvalue weighted by molar-refractivity contribution is 9.10. The van der Waals surface area contributed by atoms with Crippen LogP contribution in [0.15, 0.2) is 28.7 Å². The molecule has 5 nitrogen and oxygen atoms in total. The molecule has 1 fully saturated rings. The first kappa shape index (κ1) is 14.8. The number of carboxylic acid groups (broad SMARTS) is 1. The summed E-state index contributed by atoms with van der Waals surface area (Å²) in [4.78, 5) is 22.8. The average Bonchev–Trinajstić information content (AvgIpc) is 2.85. The van der Waals surface area contributed by atoms with Gasteiger partial charge in [0.1, 0.15) is 5.75 Å². The highest BCUT2D eigenvalue weighted by atomic mass is 79.9. The van der Waals surface area contributed by atoms with Gasteiger partial charge in [0.2, 0.25) is 0 Å². The minimum absolute atomic E-state index is 0.112. The molecule has 1 aliphatic rings. The SMILES string of the molecule is O=C(COc1cccc(Br)c1)NC1CCCC1C(=O)O. The fourth-order valence-corrected chi connectivity index (χ4v) is 2.76. The van der Waals surface area contributed by atoms with E-state index in [4.69, 9.17) is 9.84 Å². The molecule has 2 atom stereocenters. The molecule has 108 valence electrons. The van der Waals surface area contributed by atoms with Crippen LogP contribution in [0, 0.1) is 5.92 Å². The van der Waals surface area contributed by atoms with Gasteiger partial charge < -0.3 is 15.2 Å². The minimum atomic E-state index is -0.847. The molecule has 1 saturated carbocycles. The van der Waals surface area contributed by atoms with Crippen LogP contribution in [0.1, 0.15) is 19.3 Å². The number of carbonyl (C=O) groups is 2. The van der Waals surface area contributed by atoms with Crippen molar-refractivity contribution in [3.05, 3.63) is 28.7 Å². The van der Waals surface area contributed by atoms with Crippen LogP contribution in [-0.2, 0) is 9.59 Å². The number of carbonyl (C=O) groups excluding carboxylic acids is 1. The summed E-state index contributed by atoms with van der Waals surface area (Å²) in [5.41, 5.74) is 0. The Morgan fingerprint density at radius 2 is 2.20 bits per heavy atom. The normalized spacial score (nSPS) is 21.4. The molecule has 2 unspecified atom stereocenters. The number of carboxylic acids is 1. The first-order valence-corrected chi connectivity index (χ1v) is 7.26. The van der Waals surface area contributed by atoms with Crippen LogP contribution < -0.4 is 10.1 Å². The molecule has 1 amide bonds. The van der Waals surface area contributed by atoms with E-state index in [1.165, 1.54) is 0 Å². The number of hydrogen-bond acceptors (Lipinski definition) is 3. The number of hydrogen-bond donors (Lipinski definition) is 2. The molecule has 2 rings (SSSR count). The zero-order valence-corrected chi connectivity index (χ0v) is 12.4. The van der Waals surface area contributed by atoms with E-state index in [0.717, 1.165) is 10.9 Å². The van der Waals surface area contributed by atoms with E-state index in [9.17, 15) is 9.59 Å². The molecule has 1 aromatic rings. The summed E-state index contributed by atoms with van der Waals surface area (Å²) in [6.07, 6.45) is 2.15. The van der Waals surface area contributed by atoms with Crippen molar-refractivity contribution >= 4 is 27.8 Å². The number of amides is 1. The Hall–Kier alpha value is -1.56. The average molecular weight is 342 g/mol. The molecular weight excluding hydrogens is 326 g/mol. The molecule has 20 heavy (non-hydrogen) atoms. The summed E-state index contributed by atoms with van der Waals surface area (Å²) in [6, 6.07) is 6.92. The standard InChI is InChI=1S/C14H16BrNO4/c15-9-3-1-4-10(7-9)20-8-13(17)16-12-6-2-5-11(12)14(18)19/h1,3-4,7,11-12H,2,5-6,8H2,(H,16,17)(H,18,19). The summed E-state index contributed by atoms with van der Waals surface area (Å²) in [6.45, 7) is -0.112. The molecule has 6 heteroatoms. The number of ether oxygens (including phenoxy) is 1. The Bertz CT molecular complexity index is 506. The van der Waals surface area contributed by atoms with Gasteiger partial charge in [-0.3, -0.25) is 9.59 Å². The Balaban J connectivity index is 1.82. The second kappa shape index (κ2) is 6.74. The van der Waals surface area contributed by atoms with Crippen LogP contribution >= 0.6 is 15.9 Å². The van der Waals surface area contributed by atoms with Gasteiger partial charge in [0, 0.05) is 10.5 Å². The van der Waals surface area contributed by atoms with Gasteiger partial charge in [-0.1, -0.05) is 28.4 Å². The molecule has 1 aromatic carbocycles. The first-order chi connectivity index (χ1) is 9.56. The second-order valence-corrected chi connectivity index (χ2v) is 5.71. The molecule has 1 aliphatic carbocycles. The first-order valence-electron chi connectivity index (χ1n) is 6.47. The fourth-order valence-electron chi connectivity index (χ4n) is 2.38. The van der Waals surface area contributed by atoms with Crippen molar-refractivity contribution < 1.29 is 19.4 Å². The monoisotopic (exact) mass is 341 g/mol. The van der Waals surface area contributed by atoms with Crippen molar-refractivity contribution in [2.75, 3.05) is 6.61 Å². The van der Waals surface area contributed by atoms with E-state index in [2.05, 4.69) is 21.2 Å². The predicted molar refractivity (Wildman–Crippen MR) is 76.5 cm³/mol.